The molecule has 1 aromatic carbocycles. The van der Waals surface area contributed by atoms with Gasteiger partial charge in [-0.1, -0.05) is 0 Å². The average Bonchev–Trinajstić information content (AvgIpc) is 2.86. The van der Waals surface area contributed by atoms with Crippen LogP contribution in [0.5, 0.6) is 11.5 Å². The van der Waals surface area contributed by atoms with E-state index in [0.29, 0.717) is 11.3 Å². The van der Waals surface area contributed by atoms with Crippen LogP contribution in [0.2, 0.25) is 0 Å². The summed E-state index contributed by atoms with van der Waals surface area (Å²) in [6.45, 7) is 4.54. The van der Waals surface area contributed by atoms with Crippen molar-refractivity contribution in [2.24, 2.45) is 0 Å². The van der Waals surface area contributed by atoms with Gasteiger partial charge in [0.15, 0.2) is 11.5 Å². The number of ether oxygens (including phenoxy) is 2. The van der Waals surface area contributed by atoms with Crippen molar-refractivity contribution in [3.8, 4) is 11.5 Å². The Morgan fingerprint density at radius 3 is 2.44 bits per heavy atom. The molecule has 0 spiro atoms. The fourth-order valence-electron chi connectivity index (χ4n) is 2.41. The van der Waals surface area contributed by atoms with E-state index >= 15 is 0 Å². The minimum absolute atomic E-state index is 0.234. The topological polar surface area (TPSA) is 33.7 Å². The van der Waals surface area contributed by atoms with Crippen molar-refractivity contribution >= 4 is 0 Å². The highest BCUT2D eigenvalue weighted by atomic mass is 19.1. The molecule has 1 fully saturated rings. The van der Waals surface area contributed by atoms with Gasteiger partial charge in [0.05, 0.1) is 0 Å². The number of benzene rings is 1. The minimum Gasteiger partial charge on any atom is -0.454 e. The summed E-state index contributed by atoms with van der Waals surface area (Å²) in [5.41, 5.74) is 1.71. The Kier molecular flexibility index (Phi) is 3.34. The van der Waals surface area contributed by atoms with E-state index in [1.807, 2.05) is 6.07 Å². The van der Waals surface area contributed by atoms with Gasteiger partial charge in [0.25, 0.3) is 0 Å². The van der Waals surface area contributed by atoms with Crippen LogP contribution >= 0.6 is 0 Å². The normalized spacial score (nSPS) is 19.2. The van der Waals surface area contributed by atoms with E-state index in [2.05, 4.69) is 10.2 Å². The predicted octanol–water partition coefficient (Wildman–Crippen LogP) is 1.29. The Labute approximate surface area is 106 Å². The van der Waals surface area contributed by atoms with E-state index in [9.17, 15) is 4.39 Å². The number of nitrogens with one attached hydrogen (secondary N) is 1. The molecular formula is C13H17FN2O2. The van der Waals surface area contributed by atoms with Crippen molar-refractivity contribution in [3.05, 3.63) is 23.3 Å². The van der Waals surface area contributed by atoms with Gasteiger partial charge in [0.2, 0.25) is 6.79 Å². The lowest BCUT2D eigenvalue weighted by Crippen LogP contribution is -2.43. The Morgan fingerprint density at radius 2 is 1.78 bits per heavy atom. The van der Waals surface area contributed by atoms with Gasteiger partial charge in [0.1, 0.15) is 6.67 Å². The van der Waals surface area contributed by atoms with Crippen LogP contribution in [0, 0.1) is 0 Å². The van der Waals surface area contributed by atoms with Gasteiger partial charge in [-0.15, -0.1) is 0 Å². The molecule has 1 aromatic rings. The Hall–Kier alpha value is -1.33. The van der Waals surface area contributed by atoms with Crippen LogP contribution in [-0.2, 0) is 13.2 Å². The second-order valence-electron chi connectivity index (χ2n) is 4.63. The number of hydrogen-bond donors (Lipinski definition) is 1. The maximum atomic E-state index is 13.1. The van der Waals surface area contributed by atoms with E-state index < -0.39 is 6.67 Å². The fraction of sp³-hybridized carbons (Fsp3) is 0.538. The summed E-state index contributed by atoms with van der Waals surface area (Å²) in [4.78, 5) is 2.33. The zero-order valence-electron chi connectivity index (χ0n) is 10.2. The summed E-state index contributed by atoms with van der Waals surface area (Å²) < 4.78 is 23.7. The van der Waals surface area contributed by atoms with E-state index in [0.717, 1.165) is 44.0 Å². The van der Waals surface area contributed by atoms with Gasteiger partial charge in [0, 0.05) is 32.7 Å². The van der Waals surface area contributed by atoms with E-state index in [1.54, 1.807) is 6.07 Å². The molecule has 4 nitrogen and oxygen atoms in total. The molecule has 98 valence electrons. The summed E-state index contributed by atoms with van der Waals surface area (Å²) in [7, 11) is 0. The maximum Gasteiger partial charge on any atom is 0.231 e. The second-order valence-corrected chi connectivity index (χ2v) is 4.63. The molecule has 0 atom stereocenters. The molecule has 1 saturated heterocycles. The number of piperazine rings is 1. The number of hydrogen-bond acceptors (Lipinski definition) is 4. The highest BCUT2D eigenvalue weighted by Gasteiger charge is 2.19. The first-order chi connectivity index (χ1) is 8.86. The van der Waals surface area contributed by atoms with Crippen molar-refractivity contribution in [1.82, 2.24) is 10.2 Å². The molecule has 0 aliphatic carbocycles. The van der Waals surface area contributed by atoms with Crippen molar-refractivity contribution in [2.45, 2.75) is 13.2 Å². The van der Waals surface area contributed by atoms with E-state index in [4.69, 9.17) is 9.47 Å². The fourth-order valence-corrected chi connectivity index (χ4v) is 2.41. The van der Waals surface area contributed by atoms with E-state index in [-0.39, 0.29) is 6.79 Å². The van der Waals surface area contributed by atoms with Crippen LogP contribution in [-0.4, -0.2) is 37.9 Å². The monoisotopic (exact) mass is 252 g/mol. The summed E-state index contributed by atoms with van der Waals surface area (Å²) in [6, 6.07) is 3.68. The summed E-state index contributed by atoms with van der Waals surface area (Å²) in [5.74, 6) is 1.39. The molecule has 18 heavy (non-hydrogen) atoms. The first kappa shape index (κ1) is 11.7. The zero-order valence-corrected chi connectivity index (χ0v) is 10.2. The third kappa shape index (κ3) is 2.28. The SMILES string of the molecule is FCc1cc2c(cc1CN1CCNCC1)OCO2. The largest absolute Gasteiger partial charge is 0.454 e. The standard InChI is InChI=1S/C13H17FN2O2/c14-7-10-5-12-13(18-9-17-12)6-11(10)8-16-3-1-15-2-4-16/h5-6,15H,1-4,7-9H2. The van der Waals surface area contributed by atoms with Crippen LogP contribution in [0.3, 0.4) is 0 Å². The molecule has 0 saturated carbocycles. The lowest BCUT2D eigenvalue weighted by atomic mass is 10.1. The quantitative estimate of drug-likeness (QED) is 0.879. The molecule has 5 heteroatoms. The van der Waals surface area contributed by atoms with Crippen LogP contribution < -0.4 is 14.8 Å². The molecule has 0 aromatic heterocycles. The molecule has 0 unspecified atom stereocenters. The Bertz CT molecular complexity index is 433. The third-order valence-electron chi connectivity index (χ3n) is 3.44. The second kappa shape index (κ2) is 5.12. The van der Waals surface area contributed by atoms with Gasteiger partial charge >= 0.3 is 0 Å². The third-order valence-corrected chi connectivity index (χ3v) is 3.44. The van der Waals surface area contributed by atoms with Gasteiger partial charge in [-0.3, -0.25) is 4.90 Å². The number of nitrogens with zero attached hydrogens (tertiary/aromatic N) is 1. The smallest absolute Gasteiger partial charge is 0.231 e. The molecule has 2 aliphatic heterocycles. The van der Waals surface area contributed by atoms with Gasteiger partial charge in [-0.2, -0.15) is 0 Å². The molecule has 0 bridgehead atoms. The molecule has 1 N–H and O–H groups in total. The highest BCUT2D eigenvalue weighted by molar-refractivity contribution is 5.48. The Morgan fingerprint density at radius 1 is 1.11 bits per heavy atom. The van der Waals surface area contributed by atoms with Crippen LogP contribution in [0.15, 0.2) is 12.1 Å². The number of rotatable bonds is 3. The van der Waals surface area contributed by atoms with Crippen LogP contribution in [0.4, 0.5) is 4.39 Å². The molecule has 0 radical (unpaired) electrons. The lowest BCUT2D eigenvalue weighted by molar-refractivity contribution is 0.174. The van der Waals surface area contributed by atoms with Crippen molar-refractivity contribution < 1.29 is 13.9 Å². The van der Waals surface area contributed by atoms with E-state index in [1.165, 1.54) is 0 Å². The van der Waals surface area contributed by atoms with Crippen molar-refractivity contribution in [2.75, 3.05) is 33.0 Å². The summed E-state index contributed by atoms with van der Waals surface area (Å²) >= 11 is 0. The molecular weight excluding hydrogens is 235 g/mol. The summed E-state index contributed by atoms with van der Waals surface area (Å²) in [5, 5.41) is 3.31. The number of alkyl halides is 1. The lowest BCUT2D eigenvalue weighted by Gasteiger charge is -2.27. The first-order valence-corrected chi connectivity index (χ1v) is 6.27. The van der Waals surface area contributed by atoms with Crippen LogP contribution in [0.25, 0.3) is 0 Å². The number of fused-ring (bicyclic) bond motifs is 1. The number of halogens is 1. The molecule has 3 rings (SSSR count). The summed E-state index contributed by atoms with van der Waals surface area (Å²) in [6.07, 6.45) is 0. The molecule has 2 aliphatic rings. The average molecular weight is 252 g/mol. The van der Waals surface area contributed by atoms with Crippen LogP contribution in [0.1, 0.15) is 11.1 Å². The van der Waals surface area contributed by atoms with Gasteiger partial charge in [-0.25, -0.2) is 4.39 Å². The minimum atomic E-state index is -0.460. The van der Waals surface area contributed by atoms with Crippen molar-refractivity contribution in [1.29, 1.82) is 0 Å². The Balaban J connectivity index is 1.81. The molecule has 2 heterocycles. The maximum absolute atomic E-state index is 13.1. The molecule has 0 amide bonds. The predicted molar refractivity (Wildman–Crippen MR) is 65.5 cm³/mol. The highest BCUT2D eigenvalue weighted by Crippen LogP contribution is 2.35. The van der Waals surface area contributed by atoms with Crippen molar-refractivity contribution in [3.63, 3.8) is 0 Å². The van der Waals surface area contributed by atoms with Gasteiger partial charge in [-0.05, 0) is 23.3 Å². The van der Waals surface area contributed by atoms with Gasteiger partial charge < -0.3 is 14.8 Å². The zero-order chi connectivity index (χ0) is 12.4. The first-order valence-electron chi connectivity index (χ1n) is 6.27.